The van der Waals surface area contributed by atoms with Gasteiger partial charge in [-0.25, -0.2) is 0 Å². The molecule has 2 aromatic heterocycles. The topological polar surface area (TPSA) is 43.8 Å². The second-order valence-electron chi connectivity index (χ2n) is 5.18. The fraction of sp³-hybridized carbons (Fsp3) is 0.312. The fourth-order valence-corrected chi connectivity index (χ4v) is 4.04. The maximum atomic E-state index is 6.43. The van der Waals surface area contributed by atoms with Gasteiger partial charge in [-0.2, -0.15) is 5.10 Å². The summed E-state index contributed by atoms with van der Waals surface area (Å²) < 4.78 is 3.13. The Kier molecular flexibility index (Phi) is 4.02. The molecule has 0 fully saturated rings. The van der Waals surface area contributed by atoms with Gasteiger partial charge in [0.1, 0.15) is 0 Å². The van der Waals surface area contributed by atoms with Crippen LogP contribution < -0.4 is 5.73 Å². The van der Waals surface area contributed by atoms with Crippen LogP contribution in [0.3, 0.4) is 0 Å². The molecule has 3 nitrogen and oxygen atoms in total. The van der Waals surface area contributed by atoms with Crippen LogP contribution in [0.1, 0.15) is 29.9 Å². The highest BCUT2D eigenvalue weighted by Crippen LogP contribution is 2.32. The van der Waals surface area contributed by atoms with Gasteiger partial charge < -0.3 is 5.73 Å². The monoisotopic (exact) mass is 319 g/mol. The molecule has 0 aliphatic heterocycles. The average Bonchev–Trinajstić information content (AvgIpc) is 3.03. The third kappa shape index (κ3) is 2.59. The van der Waals surface area contributed by atoms with Crippen LogP contribution in [0.15, 0.2) is 29.6 Å². The Hall–Kier alpha value is -1.36. The minimum absolute atomic E-state index is 0.0706. The first-order chi connectivity index (χ1) is 10.1. The molecule has 3 aromatic rings. The van der Waals surface area contributed by atoms with Gasteiger partial charge in [-0.1, -0.05) is 36.7 Å². The lowest BCUT2D eigenvalue weighted by molar-refractivity contribution is 0.641. The van der Waals surface area contributed by atoms with Crippen LogP contribution in [0.4, 0.5) is 0 Å². The summed E-state index contributed by atoms with van der Waals surface area (Å²) in [4.78, 5) is 0. The van der Waals surface area contributed by atoms with Gasteiger partial charge in [0.05, 0.1) is 16.4 Å². The van der Waals surface area contributed by atoms with E-state index < -0.39 is 0 Å². The molecule has 2 heterocycles. The first-order valence-corrected chi connectivity index (χ1v) is 8.29. The third-order valence-electron chi connectivity index (χ3n) is 3.83. The van der Waals surface area contributed by atoms with Gasteiger partial charge in [0.25, 0.3) is 0 Å². The van der Waals surface area contributed by atoms with Crippen LogP contribution in [-0.4, -0.2) is 9.78 Å². The molecule has 0 saturated carbocycles. The van der Waals surface area contributed by atoms with Crippen molar-refractivity contribution < 1.29 is 0 Å². The summed E-state index contributed by atoms with van der Waals surface area (Å²) in [6.07, 6.45) is 1.53. The van der Waals surface area contributed by atoms with Gasteiger partial charge >= 0.3 is 0 Å². The normalized spacial score (nSPS) is 13.0. The molecule has 0 aliphatic carbocycles. The molecule has 110 valence electrons. The molecule has 0 radical (unpaired) electrons. The van der Waals surface area contributed by atoms with Crippen molar-refractivity contribution in [2.75, 3.05) is 0 Å². The number of nitrogens with zero attached hydrogens (tertiary/aromatic N) is 2. The lowest BCUT2D eigenvalue weighted by atomic mass is 10.0. The number of halogens is 1. The highest BCUT2D eigenvalue weighted by molar-refractivity contribution is 7.17. The first-order valence-electron chi connectivity index (χ1n) is 7.03. The standard InChI is InChI=1S/C16H18ClN3S/c1-3-13-16(17)14(20(2)19-13)8-12(18)11-9-21-15-7-5-4-6-10(11)15/h4-7,9,12H,3,8,18H2,1-2H3. The van der Waals surface area contributed by atoms with Crippen molar-refractivity contribution in [3.8, 4) is 0 Å². The van der Waals surface area contributed by atoms with Crippen LogP contribution >= 0.6 is 22.9 Å². The lowest BCUT2D eigenvalue weighted by Gasteiger charge is -2.12. The van der Waals surface area contributed by atoms with Crippen LogP contribution in [0, 0.1) is 0 Å². The molecular weight excluding hydrogens is 302 g/mol. The van der Waals surface area contributed by atoms with Crippen molar-refractivity contribution in [1.29, 1.82) is 0 Å². The summed E-state index contributed by atoms with van der Waals surface area (Å²) in [6.45, 7) is 2.06. The summed E-state index contributed by atoms with van der Waals surface area (Å²) in [5.41, 5.74) is 9.57. The lowest BCUT2D eigenvalue weighted by Crippen LogP contribution is -2.15. The molecule has 21 heavy (non-hydrogen) atoms. The van der Waals surface area contributed by atoms with E-state index in [0.717, 1.165) is 22.8 Å². The van der Waals surface area contributed by atoms with E-state index in [1.807, 2.05) is 11.7 Å². The fourth-order valence-electron chi connectivity index (χ4n) is 2.65. The molecule has 5 heteroatoms. The van der Waals surface area contributed by atoms with Gasteiger partial charge in [-0.05, 0) is 28.8 Å². The van der Waals surface area contributed by atoms with Gasteiger partial charge in [0.15, 0.2) is 0 Å². The SMILES string of the molecule is CCc1nn(C)c(CC(N)c2csc3ccccc23)c1Cl. The Balaban J connectivity index is 1.93. The number of thiophene rings is 1. The number of nitrogens with two attached hydrogens (primary N) is 1. The molecule has 0 amide bonds. The summed E-state index contributed by atoms with van der Waals surface area (Å²) in [6, 6.07) is 8.29. The van der Waals surface area contributed by atoms with Gasteiger partial charge in [0, 0.05) is 24.2 Å². The molecule has 0 bridgehead atoms. The molecular formula is C16H18ClN3S. The molecule has 0 aliphatic rings. The first kappa shape index (κ1) is 14.6. The van der Waals surface area contributed by atoms with E-state index in [2.05, 4.69) is 41.7 Å². The maximum Gasteiger partial charge on any atom is 0.0850 e. The Morgan fingerprint density at radius 1 is 1.38 bits per heavy atom. The van der Waals surface area contributed by atoms with Crippen LogP contribution in [-0.2, 0) is 19.9 Å². The number of aromatic nitrogens is 2. The molecule has 2 N–H and O–H groups in total. The van der Waals surface area contributed by atoms with E-state index >= 15 is 0 Å². The average molecular weight is 320 g/mol. The van der Waals surface area contributed by atoms with E-state index in [0.29, 0.717) is 6.42 Å². The number of rotatable bonds is 4. The summed E-state index contributed by atoms with van der Waals surface area (Å²) in [5, 5.41) is 8.61. The molecule has 1 unspecified atom stereocenters. The minimum atomic E-state index is -0.0706. The zero-order chi connectivity index (χ0) is 15.0. The van der Waals surface area contributed by atoms with E-state index in [4.69, 9.17) is 17.3 Å². The second-order valence-corrected chi connectivity index (χ2v) is 6.47. The zero-order valence-electron chi connectivity index (χ0n) is 12.1. The Morgan fingerprint density at radius 3 is 2.86 bits per heavy atom. The predicted octanol–water partition coefficient (Wildman–Crippen LogP) is 4.09. The van der Waals surface area contributed by atoms with Crippen LogP contribution in [0.25, 0.3) is 10.1 Å². The Bertz CT molecular complexity index is 775. The van der Waals surface area contributed by atoms with Gasteiger partial charge in [0.2, 0.25) is 0 Å². The van der Waals surface area contributed by atoms with Crippen molar-refractivity contribution in [2.24, 2.45) is 12.8 Å². The molecule has 0 saturated heterocycles. The predicted molar refractivity (Wildman–Crippen MR) is 90.1 cm³/mol. The molecule has 1 aromatic carbocycles. The van der Waals surface area contributed by atoms with Crippen LogP contribution in [0.2, 0.25) is 5.02 Å². The van der Waals surface area contributed by atoms with E-state index in [1.54, 1.807) is 11.3 Å². The van der Waals surface area contributed by atoms with Crippen molar-refractivity contribution in [1.82, 2.24) is 9.78 Å². The molecule has 0 spiro atoms. The van der Waals surface area contributed by atoms with Crippen LogP contribution in [0.5, 0.6) is 0 Å². The van der Waals surface area contributed by atoms with Gasteiger partial charge in [-0.3, -0.25) is 4.68 Å². The summed E-state index contributed by atoms with van der Waals surface area (Å²) in [7, 11) is 1.93. The highest BCUT2D eigenvalue weighted by atomic mass is 35.5. The number of aryl methyl sites for hydroxylation is 2. The quantitative estimate of drug-likeness (QED) is 0.787. The zero-order valence-corrected chi connectivity index (χ0v) is 13.7. The van der Waals surface area contributed by atoms with E-state index in [-0.39, 0.29) is 6.04 Å². The van der Waals surface area contributed by atoms with Gasteiger partial charge in [-0.15, -0.1) is 11.3 Å². The van der Waals surface area contributed by atoms with Crippen molar-refractivity contribution in [2.45, 2.75) is 25.8 Å². The number of benzene rings is 1. The molecule has 1 atom stereocenters. The largest absolute Gasteiger partial charge is 0.324 e. The number of hydrogen-bond acceptors (Lipinski definition) is 3. The Morgan fingerprint density at radius 2 is 2.14 bits per heavy atom. The summed E-state index contributed by atoms with van der Waals surface area (Å²) in [5.74, 6) is 0. The number of hydrogen-bond donors (Lipinski definition) is 1. The van der Waals surface area contributed by atoms with E-state index in [1.165, 1.54) is 15.6 Å². The van der Waals surface area contributed by atoms with Crippen molar-refractivity contribution >= 4 is 33.0 Å². The minimum Gasteiger partial charge on any atom is -0.324 e. The van der Waals surface area contributed by atoms with Crippen molar-refractivity contribution in [3.05, 3.63) is 51.6 Å². The number of fused-ring (bicyclic) bond motifs is 1. The van der Waals surface area contributed by atoms with E-state index in [9.17, 15) is 0 Å². The van der Waals surface area contributed by atoms with Crippen molar-refractivity contribution in [3.63, 3.8) is 0 Å². The maximum absolute atomic E-state index is 6.43. The third-order valence-corrected chi connectivity index (χ3v) is 5.24. The Labute approximate surface area is 133 Å². The second kappa shape index (κ2) is 5.79. The summed E-state index contributed by atoms with van der Waals surface area (Å²) >= 11 is 8.15. The molecule has 3 rings (SSSR count). The highest BCUT2D eigenvalue weighted by Gasteiger charge is 2.18. The smallest absolute Gasteiger partial charge is 0.0850 e.